The number of Topliss-reactive ketones (excluding diaryl/α,β-unsaturated/α-hetero) is 1. The summed E-state index contributed by atoms with van der Waals surface area (Å²) in [6.07, 6.45) is 4.35. The first kappa shape index (κ1) is 17.6. The Morgan fingerprint density at radius 3 is 2.17 bits per heavy atom. The van der Waals surface area contributed by atoms with Crippen LogP contribution in [0.3, 0.4) is 0 Å². The van der Waals surface area contributed by atoms with Crippen molar-refractivity contribution >= 4 is 11.7 Å². The fraction of sp³-hybridized carbons (Fsp3) is 0.632. The second-order valence-corrected chi connectivity index (χ2v) is 8.65. The van der Waals surface area contributed by atoms with Crippen LogP contribution in [0.4, 0.5) is 0 Å². The molecule has 3 atom stereocenters. The summed E-state index contributed by atoms with van der Waals surface area (Å²) in [5, 5.41) is 3.02. The summed E-state index contributed by atoms with van der Waals surface area (Å²) in [7, 11) is 0. The second-order valence-electron chi connectivity index (χ2n) is 8.65. The van der Waals surface area contributed by atoms with Gasteiger partial charge in [-0.3, -0.25) is 14.6 Å². The van der Waals surface area contributed by atoms with Crippen molar-refractivity contribution in [1.29, 1.82) is 0 Å². The molecule has 0 aromatic carbocycles. The lowest BCUT2D eigenvalue weighted by atomic mass is 9.75. The van der Waals surface area contributed by atoms with E-state index in [9.17, 15) is 9.59 Å². The summed E-state index contributed by atoms with van der Waals surface area (Å²) in [6.45, 7) is 11.7. The predicted octanol–water partition coefficient (Wildman–Crippen LogP) is 3.33. The Kier molecular flexibility index (Phi) is 4.65. The summed E-state index contributed by atoms with van der Waals surface area (Å²) >= 11 is 0. The van der Waals surface area contributed by atoms with Gasteiger partial charge in [0, 0.05) is 23.7 Å². The van der Waals surface area contributed by atoms with Crippen molar-refractivity contribution in [1.82, 2.24) is 10.3 Å². The van der Waals surface area contributed by atoms with E-state index in [2.05, 4.69) is 10.3 Å². The van der Waals surface area contributed by atoms with E-state index < -0.39 is 11.5 Å². The normalized spacial score (nSPS) is 22.3. The first-order chi connectivity index (χ1) is 10.5. The van der Waals surface area contributed by atoms with E-state index in [-0.39, 0.29) is 28.9 Å². The Morgan fingerprint density at radius 2 is 1.70 bits per heavy atom. The van der Waals surface area contributed by atoms with Crippen molar-refractivity contribution < 1.29 is 9.59 Å². The molecule has 1 fully saturated rings. The number of rotatable bonds is 4. The SMILES string of the molecule is CC(C)(C)C(=O)[C@@H](NC(=O)C1C[C@@H]1c1ccncc1)C(C)(C)C. The topological polar surface area (TPSA) is 59.1 Å². The van der Waals surface area contributed by atoms with Gasteiger partial charge in [0.15, 0.2) is 5.78 Å². The maximum absolute atomic E-state index is 12.7. The van der Waals surface area contributed by atoms with Crippen LogP contribution in [0.25, 0.3) is 0 Å². The number of ketones is 1. The van der Waals surface area contributed by atoms with Crippen LogP contribution in [-0.4, -0.2) is 22.7 Å². The van der Waals surface area contributed by atoms with E-state index in [0.29, 0.717) is 0 Å². The molecule has 126 valence electrons. The Morgan fingerprint density at radius 1 is 1.13 bits per heavy atom. The molecule has 4 heteroatoms. The van der Waals surface area contributed by atoms with E-state index in [1.54, 1.807) is 12.4 Å². The fourth-order valence-corrected chi connectivity index (χ4v) is 2.82. The van der Waals surface area contributed by atoms with Crippen molar-refractivity contribution in [3.8, 4) is 0 Å². The third kappa shape index (κ3) is 4.18. The number of hydrogen-bond donors (Lipinski definition) is 1. The summed E-state index contributed by atoms with van der Waals surface area (Å²) < 4.78 is 0. The molecular formula is C19H28N2O2. The lowest BCUT2D eigenvalue weighted by Gasteiger charge is -2.34. The van der Waals surface area contributed by atoms with Gasteiger partial charge in [0.2, 0.25) is 5.91 Å². The summed E-state index contributed by atoms with van der Waals surface area (Å²) in [4.78, 5) is 29.3. The van der Waals surface area contributed by atoms with Gasteiger partial charge in [-0.1, -0.05) is 41.5 Å². The van der Waals surface area contributed by atoms with Gasteiger partial charge in [0.05, 0.1) is 6.04 Å². The molecule has 4 nitrogen and oxygen atoms in total. The first-order valence-corrected chi connectivity index (χ1v) is 8.26. The molecule has 1 unspecified atom stereocenters. The fourth-order valence-electron chi connectivity index (χ4n) is 2.82. The molecule has 23 heavy (non-hydrogen) atoms. The zero-order valence-electron chi connectivity index (χ0n) is 15.0. The van der Waals surface area contributed by atoms with Crippen molar-refractivity contribution in [2.75, 3.05) is 0 Å². The summed E-state index contributed by atoms with van der Waals surface area (Å²) in [6, 6.07) is 3.45. The summed E-state index contributed by atoms with van der Waals surface area (Å²) in [5.74, 6) is 0.294. The number of aromatic nitrogens is 1. The molecule has 1 aliphatic rings. The molecule has 1 saturated carbocycles. The molecule has 0 aliphatic heterocycles. The van der Waals surface area contributed by atoms with E-state index in [4.69, 9.17) is 0 Å². The molecule has 1 aromatic rings. The van der Waals surface area contributed by atoms with Crippen LogP contribution >= 0.6 is 0 Å². The largest absolute Gasteiger partial charge is 0.345 e. The van der Waals surface area contributed by atoms with Crippen LogP contribution in [0.15, 0.2) is 24.5 Å². The standard InChI is InChI=1S/C19H28N2O2/c1-18(2,3)15(16(22)19(4,5)6)21-17(23)14-11-13(14)12-7-9-20-10-8-12/h7-10,13-15H,11H2,1-6H3,(H,21,23)/t13-,14?,15-/m1/s1. The third-order valence-electron chi connectivity index (χ3n) is 4.42. The van der Waals surface area contributed by atoms with Crippen LogP contribution in [0.2, 0.25) is 0 Å². The van der Waals surface area contributed by atoms with Gasteiger partial charge in [-0.05, 0) is 35.4 Å². The molecule has 0 radical (unpaired) electrons. The number of hydrogen-bond acceptors (Lipinski definition) is 3. The maximum Gasteiger partial charge on any atom is 0.224 e. The van der Waals surface area contributed by atoms with E-state index in [1.165, 1.54) is 0 Å². The predicted molar refractivity (Wildman–Crippen MR) is 90.9 cm³/mol. The molecule has 0 spiro atoms. The highest BCUT2D eigenvalue weighted by Crippen LogP contribution is 2.47. The monoisotopic (exact) mass is 316 g/mol. The first-order valence-electron chi connectivity index (χ1n) is 8.26. The Labute approximate surface area is 139 Å². The van der Waals surface area contributed by atoms with Crippen LogP contribution in [0, 0.1) is 16.7 Å². The van der Waals surface area contributed by atoms with Crippen LogP contribution < -0.4 is 5.32 Å². The minimum atomic E-state index is -0.473. The molecule has 1 aromatic heterocycles. The highest BCUT2D eigenvalue weighted by Gasteiger charge is 2.46. The van der Waals surface area contributed by atoms with Crippen LogP contribution in [0.1, 0.15) is 59.4 Å². The molecule has 1 heterocycles. The van der Waals surface area contributed by atoms with Crippen LogP contribution in [0.5, 0.6) is 0 Å². The quantitative estimate of drug-likeness (QED) is 0.927. The second kappa shape index (κ2) is 6.06. The van der Waals surface area contributed by atoms with Gasteiger partial charge < -0.3 is 5.32 Å². The average Bonchev–Trinajstić information content (AvgIpc) is 3.23. The number of carbonyl (C=O) groups excluding carboxylic acids is 2. The number of pyridine rings is 1. The number of nitrogens with zero attached hydrogens (tertiary/aromatic N) is 1. The van der Waals surface area contributed by atoms with E-state index in [0.717, 1.165) is 12.0 Å². The lowest BCUT2D eigenvalue weighted by Crippen LogP contribution is -2.53. The Bertz CT molecular complexity index is 582. The van der Waals surface area contributed by atoms with Crippen molar-refractivity contribution in [2.24, 2.45) is 16.7 Å². The van der Waals surface area contributed by atoms with E-state index in [1.807, 2.05) is 53.7 Å². The van der Waals surface area contributed by atoms with Crippen LogP contribution in [-0.2, 0) is 9.59 Å². The van der Waals surface area contributed by atoms with Gasteiger partial charge in [-0.15, -0.1) is 0 Å². The average molecular weight is 316 g/mol. The van der Waals surface area contributed by atoms with Crippen molar-refractivity contribution in [3.05, 3.63) is 30.1 Å². The van der Waals surface area contributed by atoms with Crippen molar-refractivity contribution in [3.63, 3.8) is 0 Å². The maximum atomic E-state index is 12.7. The third-order valence-corrected chi connectivity index (χ3v) is 4.42. The Hall–Kier alpha value is -1.71. The van der Waals surface area contributed by atoms with Crippen molar-refractivity contribution in [2.45, 2.75) is 59.9 Å². The smallest absolute Gasteiger partial charge is 0.224 e. The van der Waals surface area contributed by atoms with Gasteiger partial charge in [0.1, 0.15) is 0 Å². The Balaban J connectivity index is 2.07. The van der Waals surface area contributed by atoms with Gasteiger partial charge >= 0.3 is 0 Å². The number of amides is 1. The molecule has 0 saturated heterocycles. The minimum absolute atomic E-state index is 0.00987. The van der Waals surface area contributed by atoms with Gasteiger partial charge in [0.25, 0.3) is 0 Å². The molecule has 1 N–H and O–H groups in total. The summed E-state index contributed by atoms with van der Waals surface area (Å²) in [5.41, 5.74) is 0.370. The van der Waals surface area contributed by atoms with Gasteiger partial charge in [-0.25, -0.2) is 0 Å². The lowest BCUT2D eigenvalue weighted by molar-refractivity contribution is -0.135. The minimum Gasteiger partial charge on any atom is -0.345 e. The molecule has 1 aliphatic carbocycles. The number of carbonyl (C=O) groups is 2. The molecule has 1 amide bonds. The molecule has 0 bridgehead atoms. The highest BCUT2D eigenvalue weighted by atomic mass is 16.2. The molecular weight excluding hydrogens is 288 g/mol. The van der Waals surface area contributed by atoms with E-state index >= 15 is 0 Å². The molecule has 2 rings (SSSR count). The zero-order valence-corrected chi connectivity index (χ0v) is 15.0. The zero-order chi connectivity index (χ0) is 17.4. The highest BCUT2D eigenvalue weighted by molar-refractivity contribution is 5.94. The van der Waals surface area contributed by atoms with Gasteiger partial charge in [-0.2, -0.15) is 0 Å². The number of nitrogens with one attached hydrogen (secondary N) is 1.